The first-order chi connectivity index (χ1) is 15.7. The van der Waals surface area contributed by atoms with Crippen LogP contribution in [-0.4, -0.2) is 46.7 Å². The molecule has 33 heavy (non-hydrogen) atoms. The lowest BCUT2D eigenvalue weighted by atomic mass is 10.00. The number of morpholine rings is 1. The zero-order chi connectivity index (χ0) is 23.8. The van der Waals surface area contributed by atoms with E-state index in [1.54, 1.807) is 41.4 Å². The quantitative estimate of drug-likeness (QED) is 0.508. The number of amides is 1. The summed E-state index contributed by atoms with van der Waals surface area (Å²) in [5.41, 5.74) is 1.33. The molecule has 0 N–H and O–H groups in total. The Morgan fingerprint density at radius 1 is 1.12 bits per heavy atom. The maximum absolute atomic E-state index is 14.4. The van der Waals surface area contributed by atoms with Crippen molar-refractivity contribution in [2.45, 2.75) is 26.6 Å². The van der Waals surface area contributed by atoms with E-state index in [9.17, 15) is 18.0 Å². The molecule has 0 radical (unpaired) electrons. The zero-order valence-corrected chi connectivity index (χ0v) is 19.0. The smallest absolute Gasteiger partial charge is 0.378 e. The van der Waals surface area contributed by atoms with Gasteiger partial charge in [-0.3, -0.25) is 9.78 Å². The molecule has 1 aliphatic rings. The van der Waals surface area contributed by atoms with Gasteiger partial charge in [0.05, 0.1) is 13.2 Å². The second kappa shape index (κ2) is 9.19. The van der Waals surface area contributed by atoms with Crippen molar-refractivity contribution in [3.05, 3.63) is 75.8 Å². The minimum atomic E-state index is -4.66. The molecule has 0 unspecified atom stereocenters. The monoisotopic (exact) mass is 477 g/mol. The van der Waals surface area contributed by atoms with E-state index in [1.807, 2.05) is 6.92 Å². The van der Waals surface area contributed by atoms with Crippen molar-refractivity contribution in [1.82, 2.24) is 14.5 Å². The molecule has 1 saturated heterocycles. The van der Waals surface area contributed by atoms with Gasteiger partial charge in [-0.05, 0) is 48.2 Å². The Kier molecular flexibility index (Phi) is 6.50. The van der Waals surface area contributed by atoms with Crippen LogP contribution in [0.5, 0.6) is 0 Å². The summed E-state index contributed by atoms with van der Waals surface area (Å²) in [5.74, 6) is -0.456. The summed E-state index contributed by atoms with van der Waals surface area (Å²) in [6.07, 6.45) is -1.51. The standard InChI is InChI=1S/C24H23ClF3N3O2/c1-15-11-17(13-29-12-15)14-31-21(23(32)30-7-9-33-10-8-30)20(16(2)22(31)24(26,27)28)18-3-5-19(25)6-4-18/h3-6,11-13H,7-10,14H2,1-2H3. The van der Waals surface area contributed by atoms with Crippen LogP contribution in [0, 0.1) is 13.8 Å². The van der Waals surface area contributed by atoms with Gasteiger partial charge < -0.3 is 14.2 Å². The molecule has 0 aliphatic carbocycles. The van der Waals surface area contributed by atoms with Gasteiger partial charge in [0.2, 0.25) is 0 Å². The molecular weight excluding hydrogens is 455 g/mol. The summed E-state index contributed by atoms with van der Waals surface area (Å²) in [6, 6.07) is 8.26. The molecule has 4 rings (SSSR count). The predicted molar refractivity (Wildman–Crippen MR) is 119 cm³/mol. The third-order valence-electron chi connectivity index (χ3n) is 5.68. The van der Waals surface area contributed by atoms with Crippen LogP contribution in [0.3, 0.4) is 0 Å². The lowest BCUT2D eigenvalue weighted by Gasteiger charge is -2.28. The highest BCUT2D eigenvalue weighted by Gasteiger charge is 2.42. The van der Waals surface area contributed by atoms with E-state index in [4.69, 9.17) is 16.3 Å². The van der Waals surface area contributed by atoms with Gasteiger partial charge in [0.1, 0.15) is 11.4 Å². The highest BCUT2D eigenvalue weighted by atomic mass is 35.5. The fraction of sp³-hybridized carbons (Fsp3) is 0.333. The van der Waals surface area contributed by atoms with Gasteiger partial charge in [-0.15, -0.1) is 0 Å². The second-order valence-corrected chi connectivity index (χ2v) is 8.50. The van der Waals surface area contributed by atoms with Gasteiger partial charge in [0, 0.05) is 42.6 Å². The van der Waals surface area contributed by atoms with E-state index < -0.39 is 17.8 Å². The second-order valence-electron chi connectivity index (χ2n) is 8.06. The van der Waals surface area contributed by atoms with Crippen molar-refractivity contribution < 1.29 is 22.7 Å². The number of benzene rings is 1. The van der Waals surface area contributed by atoms with Crippen LogP contribution in [-0.2, 0) is 17.5 Å². The van der Waals surface area contributed by atoms with Gasteiger partial charge in [-0.2, -0.15) is 13.2 Å². The van der Waals surface area contributed by atoms with Crippen LogP contribution < -0.4 is 0 Å². The van der Waals surface area contributed by atoms with E-state index >= 15 is 0 Å². The van der Waals surface area contributed by atoms with Gasteiger partial charge in [0.25, 0.3) is 5.91 Å². The van der Waals surface area contributed by atoms with E-state index in [-0.39, 0.29) is 23.4 Å². The molecule has 1 aromatic carbocycles. The Hall–Kier alpha value is -2.84. The lowest BCUT2D eigenvalue weighted by molar-refractivity contribution is -0.143. The number of aryl methyl sites for hydroxylation is 1. The molecule has 5 nitrogen and oxygen atoms in total. The summed E-state index contributed by atoms with van der Waals surface area (Å²) >= 11 is 6.01. The van der Waals surface area contributed by atoms with Crippen LogP contribution in [0.2, 0.25) is 5.02 Å². The summed E-state index contributed by atoms with van der Waals surface area (Å²) in [4.78, 5) is 19.3. The number of ether oxygens (including phenoxy) is 1. The Labute approximate surface area is 194 Å². The Morgan fingerprint density at radius 2 is 1.79 bits per heavy atom. The minimum absolute atomic E-state index is 0.00189. The Bertz CT molecular complexity index is 1170. The van der Waals surface area contributed by atoms with Crippen LogP contribution in [0.4, 0.5) is 13.2 Å². The summed E-state index contributed by atoms with van der Waals surface area (Å²) in [6.45, 7) is 4.41. The van der Waals surface area contributed by atoms with Crippen molar-refractivity contribution in [1.29, 1.82) is 0 Å². The van der Waals surface area contributed by atoms with Gasteiger partial charge in [-0.1, -0.05) is 29.8 Å². The number of hydrogen-bond acceptors (Lipinski definition) is 3. The van der Waals surface area contributed by atoms with Crippen molar-refractivity contribution in [2.75, 3.05) is 26.3 Å². The molecule has 0 bridgehead atoms. The van der Waals surface area contributed by atoms with Crippen LogP contribution in [0.15, 0.2) is 42.7 Å². The van der Waals surface area contributed by atoms with Crippen LogP contribution in [0.1, 0.15) is 32.9 Å². The molecule has 3 heterocycles. The topological polar surface area (TPSA) is 47.4 Å². The molecule has 0 atom stereocenters. The van der Waals surface area contributed by atoms with Gasteiger partial charge in [-0.25, -0.2) is 0 Å². The van der Waals surface area contributed by atoms with E-state index in [0.717, 1.165) is 10.1 Å². The lowest BCUT2D eigenvalue weighted by Crippen LogP contribution is -2.41. The molecule has 0 spiro atoms. The fourth-order valence-electron chi connectivity index (χ4n) is 4.26. The van der Waals surface area contributed by atoms with Crippen molar-refractivity contribution in [3.63, 3.8) is 0 Å². The normalized spacial score (nSPS) is 14.5. The molecular formula is C24H23ClF3N3O2. The first-order valence-electron chi connectivity index (χ1n) is 10.5. The molecule has 1 amide bonds. The molecule has 1 fully saturated rings. The molecule has 1 aliphatic heterocycles. The first kappa shape index (κ1) is 23.3. The third-order valence-corrected chi connectivity index (χ3v) is 5.93. The predicted octanol–water partition coefficient (Wildman–Crippen LogP) is 5.36. The highest BCUT2D eigenvalue weighted by molar-refractivity contribution is 6.30. The number of alkyl halides is 3. The summed E-state index contributed by atoms with van der Waals surface area (Å²) in [7, 11) is 0. The number of carbonyl (C=O) groups excluding carboxylic acids is 1. The van der Waals surface area contributed by atoms with E-state index in [2.05, 4.69) is 4.98 Å². The number of hydrogen-bond donors (Lipinski definition) is 0. The number of rotatable bonds is 4. The largest absolute Gasteiger partial charge is 0.431 e. The summed E-state index contributed by atoms with van der Waals surface area (Å²) in [5, 5.41) is 0.457. The molecule has 2 aromatic heterocycles. The first-order valence-corrected chi connectivity index (χ1v) is 10.9. The third kappa shape index (κ3) is 4.77. The zero-order valence-electron chi connectivity index (χ0n) is 18.2. The van der Waals surface area contributed by atoms with Crippen LogP contribution >= 0.6 is 11.6 Å². The molecule has 9 heteroatoms. The number of halogens is 4. The molecule has 174 valence electrons. The average molecular weight is 478 g/mol. The maximum Gasteiger partial charge on any atom is 0.431 e. The average Bonchev–Trinajstić information content (AvgIpc) is 3.06. The van der Waals surface area contributed by atoms with Crippen molar-refractivity contribution in [3.8, 4) is 11.1 Å². The summed E-state index contributed by atoms with van der Waals surface area (Å²) < 4.78 is 49.5. The highest BCUT2D eigenvalue weighted by Crippen LogP contribution is 2.42. The number of nitrogens with zero attached hydrogens (tertiary/aromatic N) is 3. The van der Waals surface area contributed by atoms with Crippen molar-refractivity contribution in [2.24, 2.45) is 0 Å². The Balaban J connectivity index is 1.97. The number of pyridine rings is 1. The minimum Gasteiger partial charge on any atom is -0.378 e. The SMILES string of the molecule is Cc1cncc(Cn2c(C(=O)N3CCOCC3)c(-c3ccc(Cl)cc3)c(C)c2C(F)(F)F)c1. The fourth-order valence-corrected chi connectivity index (χ4v) is 4.39. The number of aromatic nitrogens is 2. The van der Waals surface area contributed by atoms with Crippen molar-refractivity contribution >= 4 is 17.5 Å². The maximum atomic E-state index is 14.4. The van der Waals surface area contributed by atoms with E-state index in [1.165, 1.54) is 13.1 Å². The number of carbonyl (C=O) groups is 1. The van der Waals surface area contributed by atoms with E-state index in [0.29, 0.717) is 42.5 Å². The Morgan fingerprint density at radius 3 is 2.39 bits per heavy atom. The van der Waals surface area contributed by atoms with Crippen LogP contribution in [0.25, 0.3) is 11.1 Å². The van der Waals surface area contributed by atoms with Gasteiger partial charge in [0.15, 0.2) is 0 Å². The van der Waals surface area contributed by atoms with Gasteiger partial charge >= 0.3 is 6.18 Å². The molecule has 0 saturated carbocycles. The molecule has 3 aromatic rings.